The zero-order valence-corrected chi connectivity index (χ0v) is 14.8. The van der Waals surface area contributed by atoms with Gasteiger partial charge in [-0.25, -0.2) is 4.98 Å². The molecule has 1 fully saturated rings. The van der Waals surface area contributed by atoms with Crippen LogP contribution in [0.2, 0.25) is 5.02 Å². The molecule has 0 radical (unpaired) electrons. The highest BCUT2D eigenvalue weighted by molar-refractivity contribution is 6.30. The number of aryl methyl sites for hydroxylation is 1. The van der Waals surface area contributed by atoms with E-state index in [9.17, 15) is 0 Å². The van der Waals surface area contributed by atoms with Gasteiger partial charge in [0.05, 0.1) is 11.9 Å². The Balaban J connectivity index is 1.37. The van der Waals surface area contributed by atoms with Gasteiger partial charge in [-0.05, 0) is 38.1 Å². The van der Waals surface area contributed by atoms with Crippen LogP contribution in [0.15, 0.2) is 36.7 Å². The van der Waals surface area contributed by atoms with Crippen LogP contribution in [0.4, 0.5) is 11.5 Å². The third-order valence-corrected chi connectivity index (χ3v) is 4.49. The largest absolute Gasteiger partial charge is 0.369 e. The molecule has 1 saturated heterocycles. The van der Waals surface area contributed by atoms with Crippen molar-refractivity contribution in [2.75, 3.05) is 49.5 Å². The van der Waals surface area contributed by atoms with Crippen LogP contribution in [-0.4, -0.2) is 54.1 Å². The van der Waals surface area contributed by atoms with Gasteiger partial charge in [-0.3, -0.25) is 9.88 Å². The van der Waals surface area contributed by atoms with Crippen molar-refractivity contribution < 1.29 is 0 Å². The van der Waals surface area contributed by atoms with Crippen molar-refractivity contribution in [3.05, 3.63) is 47.4 Å². The van der Waals surface area contributed by atoms with E-state index in [4.69, 9.17) is 11.6 Å². The molecule has 5 nitrogen and oxygen atoms in total. The molecule has 1 aromatic carbocycles. The van der Waals surface area contributed by atoms with Crippen molar-refractivity contribution in [1.29, 1.82) is 0 Å². The minimum absolute atomic E-state index is 0.806. The first kappa shape index (κ1) is 17.0. The summed E-state index contributed by atoms with van der Waals surface area (Å²) in [4.78, 5) is 13.5. The van der Waals surface area contributed by atoms with Crippen molar-refractivity contribution in [2.24, 2.45) is 0 Å². The van der Waals surface area contributed by atoms with Crippen molar-refractivity contribution >= 4 is 23.1 Å². The highest BCUT2D eigenvalue weighted by atomic mass is 35.5. The number of rotatable bonds is 6. The smallest absolute Gasteiger partial charge is 0.144 e. The van der Waals surface area contributed by atoms with Crippen LogP contribution >= 0.6 is 11.6 Å². The molecule has 24 heavy (non-hydrogen) atoms. The van der Waals surface area contributed by atoms with E-state index in [0.717, 1.165) is 62.2 Å². The van der Waals surface area contributed by atoms with Crippen LogP contribution < -0.4 is 10.2 Å². The van der Waals surface area contributed by atoms with E-state index < -0.39 is 0 Å². The fraction of sp³-hybridized carbons (Fsp3) is 0.444. The first-order valence-corrected chi connectivity index (χ1v) is 8.84. The second-order valence-corrected chi connectivity index (χ2v) is 6.57. The molecule has 0 unspecified atom stereocenters. The lowest BCUT2D eigenvalue weighted by atomic mass is 10.2. The summed E-state index contributed by atoms with van der Waals surface area (Å²) >= 11 is 6.08. The minimum Gasteiger partial charge on any atom is -0.369 e. The molecule has 3 rings (SSSR count). The molecule has 1 aliphatic rings. The maximum atomic E-state index is 6.08. The molecular weight excluding hydrogens is 322 g/mol. The first-order valence-electron chi connectivity index (χ1n) is 8.46. The number of nitrogens with one attached hydrogen (secondary N) is 1. The zero-order valence-electron chi connectivity index (χ0n) is 14.1. The van der Waals surface area contributed by atoms with Gasteiger partial charge in [0, 0.05) is 49.6 Å². The lowest BCUT2D eigenvalue weighted by Crippen LogP contribution is -2.46. The number of hydrogen-bond acceptors (Lipinski definition) is 5. The van der Waals surface area contributed by atoms with Gasteiger partial charge in [0.2, 0.25) is 0 Å². The average molecular weight is 346 g/mol. The van der Waals surface area contributed by atoms with Crippen molar-refractivity contribution in [3.8, 4) is 0 Å². The number of piperazine rings is 1. The monoisotopic (exact) mass is 345 g/mol. The summed E-state index contributed by atoms with van der Waals surface area (Å²) in [6.07, 6.45) is 4.65. The Morgan fingerprint density at radius 2 is 2.00 bits per heavy atom. The molecule has 1 aromatic heterocycles. The Bertz CT molecular complexity index is 655. The molecule has 0 aliphatic carbocycles. The van der Waals surface area contributed by atoms with E-state index in [0.29, 0.717) is 0 Å². The van der Waals surface area contributed by atoms with Crippen LogP contribution in [0.5, 0.6) is 0 Å². The van der Waals surface area contributed by atoms with E-state index in [-0.39, 0.29) is 0 Å². The van der Waals surface area contributed by atoms with Crippen LogP contribution in [0.1, 0.15) is 12.1 Å². The normalized spacial score (nSPS) is 15.5. The Labute approximate surface area is 148 Å². The number of anilines is 2. The van der Waals surface area contributed by atoms with Crippen LogP contribution in [0.3, 0.4) is 0 Å². The van der Waals surface area contributed by atoms with E-state index in [1.54, 1.807) is 12.4 Å². The lowest BCUT2D eigenvalue weighted by Gasteiger charge is -2.36. The fourth-order valence-electron chi connectivity index (χ4n) is 2.97. The number of hydrogen-bond donors (Lipinski definition) is 1. The van der Waals surface area contributed by atoms with E-state index in [2.05, 4.69) is 31.2 Å². The van der Waals surface area contributed by atoms with Gasteiger partial charge >= 0.3 is 0 Å². The molecule has 1 aliphatic heterocycles. The molecule has 2 aromatic rings. The first-order chi connectivity index (χ1) is 11.7. The summed E-state index contributed by atoms with van der Waals surface area (Å²) in [5, 5.41) is 4.15. The van der Waals surface area contributed by atoms with E-state index in [1.807, 2.05) is 25.1 Å². The SMILES string of the molecule is Cc1cncc(NCCCN2CCN(c3cccc(Cl)c3)CC2)n1. The highest BCUT2D eigenvalue weighted by Crippen LogP contribution is 2.20. The van der Waals surface area contributed by atoms with Crippen LogP contribution in [-0.2, 0) is 0 Å². The Morgan fingerprint density at radius 3 is 2.75 bits per heavy atom. The molecular formula is C18H24ClN5. The molecule has 2 heterocycles. The number of nitrogens with zero attached hydrogens (tertiary/aromatic N) is 4. The fourth-order valence-corrected chi connectivity index (χ4v) is 3.15. The predicted octanol–water partition coefficient (Wildman–Crippen LogP) is 3.06. The Morgan fingerprint density at radius 1 is 1.17 bits per heavy atom. The molecule has 0 saturated carbocycles. The number of halogens is 1. The quantitative estimate of drug-likeness (QED) is 0.815. The van der Waals surface area contributed by atoms with E-state index >= 15 is 0 Å². The summed E-state index contributed by atoms with van der Waals surface area (Å²) in [6, 6.07) is 8.12. The Hall–Kier alpha value is -1.85. The van der Waals surface area contributed by atoms with Crippen molar-refractivity contribution in [3.63, 3.8) is 0 Å². The van der Waals surface area contributed by atoms with Gasteiger partial charge in [0.1, 0.15) is 5.82 Å². The van der Waals surface area contributed by atoms with Gasteiger partial charge in [0.15, 0.2) is 0 Å². The van der Waals surface area contributed by atoms with E-state index in [1.165, 1.54) is 5.69 Å². The van der Waals surface area contributed by atoms with Crippen molar-refractivity contribution in [1.82, 2.24) is 14.9 Å². The zero-order chi connectivity index (χ0) is 16.8. The Kier molecular flexibility index (Phi) is 5.88. The maximum Gasteiger partial charge on any atom is 0.144 e. The molecule has 6 heteroatoms. The molecule has 0 amide bonds. The molecule has 0 spiro atoms. The lowest BCUT2D eigenvalue weighted by molar-refractivity contribution is 0.257. The van der Waals surface area contributed by atoms with Gasteiger partial charge in [0.25, 0.3) is 0 Å². The maximum absolute atomic E-state index is 6.08. The van der Waals surface area contributed by atoms with Crippen LogP contribution in [0, 0.1) is 6.92 Å². The van der Waals surface area contributed by atoms with Gasteiger partial charge < -0.3 is 10.2 Å². The second-order valence-electron chi connectivity index (χ2n) is 6.13. The van der Waals surface area contributed by atoms with Gasteiger partial charge in [-0.1, -0.05) is 17.7 Å². The van der Waals surface area contributed by atoms with Crippen molar-refractivity contribution in [2.45, 2.75) is 13.3 Å². The molecule has 0 atom stereocenters. The van der Waals surface area contributed by atoms with Crippen LogP contribution in [0.25, 0.3) is 0 Å². The molecule has 0 bridgehead atoms. The molecule has 1 N–H and O–H groups in total. The third-order valence-electron chi connectivity index (χ3n) is 4.26. The summed E-state index contributed by atoms with van der Waals surface area (Å²) < 4.78 is 0. The average Bonchev–Trinajstić information content (AvgIpc) is 2.59. The summed E-state index contributed by atoms with van der Waals surface area (Å²) in [6.45, 7) is 8.28. The van der Waals surface area contributed by atoms with Gasteiger partial charge in [-0.2, -0.15) is 0 Å². The topological polar surface area (TPSA) is 44.3 Å². The second kappa shape index (κ2) is 8.31. The summed E-state index contributed by atoms with van der Waals surface area (Å²) in [5.74, 6) is 0.862. The highest BCUT2D eigenvalue weighted by Gasteiger charge is 2.16. The third kappa shape index (κ3) is 4.82. The predicted molar refractivity (Wildman–Crippen MR) is 100.0 cm³/mol. The summed E-state index contributed by atoms with van der Waals surface area (Å²) in [5.41, 5.74) is 2.17. The standard InChI is InChI=1S/C18H24ClN5/c1-15-13-20-14-18(22-15)21-6-3-7-23-8-10-24(11-9-23)17-5-2-4-16(19)12-17/h2,4-5,12-14H,3,6-11H2,1H3,(H,21,22). The summed E-state index contributed by atoms with van der Waals surface area (Å²) in [7, 11) is 0. The minimum atomic E-state index is 0.806. The van der Waals surface area contributed by atoms with Gasteiger partial charge in [-0.15, -0.1) is 0 Å². The number of benzene rings is 1. The molecule has 128 valence electrons. The number of aromatic nitrogens is 2.